The number of ether oxygens (including phenoxy) is 1. The van der Waals surface area contributed by atoms with E-state index in [2.05, 4.69) is 5.32 Å². The quantitative estimate of drug-likeness (QED) is 0.892. The van der Waals surface area contributed by atoms with Gasteiger partial charge >= 0.3 is 12.1 Å². The Morgan fingerprint density at radius 2 is 1.73 bits per heavy atom. The van der Waals surface area contributed by atoms with E-state index in [-0.39, 0.29) is 5.56 Å². The van der Waals surface area contributed by atoms with Crippen molar-refractivity contribution < 1.29 is 23.8 Å². The third kappa shape index (κ3) is 4.44. The second-order valence-electron chi connectivity index (χ2n) is 6.63. The van der Waals surface area contributed by atoms with Crippen LogP contribution in [-0.2, 0) is 9.53 Å². The molecule has 0 aliphatic carbocycles. The summed E-state index contributed by atoms with van der Waals surface area (Å²) in [6.07, 6.45) is -0.796. The second kappa shape index (κ2) is 6.34. The van der Waals surface area contributed by atoms with Crippen molar-refractivity contribution in [2.75, 3.05) is 0 Å². The van der Waals surface area contributed by atoms with Crippen LogP contribution in [0.2, 0.25) is 0 Å². The smallest absolute Gasteiger partial charge is 0.408 e. The summed E-state index contributed by atoms with van der Waals surface area (Å²) in [6, 6.07) is 4.68. The SMILES string of the molecule is CC(C)(C)OC(=O)N[C@@H](c1ccccc1F)C(C)(C)C(=O)O. The highest BCUT2D eigenvalue weighted by Crippen LogP contribution is 2.35. The van der Waals surface area contributed by atoms with Crippen molar-refractivity contribution in [3.63, 3.8) is 0 Å². The minimum absolute atomic E-state index is 0.0979. The van der Waals surface area contributed by atoms with Gasteiger partial charge in [-0.25, -0.2) is 9.18 Å². The topological polar surface area (TPSA) is 75.6 Å². The highest BCUT2D eigenvalue weighted by molar-refractivity contribution is 5.77. The molecule has 22 heavy (non-hydrogen) atoms. The van der Waals surface area contributed by atoms with E-state index in [0.29, 0.717) is 0 Å². The third-order valence-corrected chi connectivity index (χ3v) is 3.15. The van der Waals surface area contributed by atoms with E-state index in [9.17, 15) is 19.1 Å². The van der Waals surface area contributed by atoms with Gasteiger partial charge in [0.1, 0.15) is 11.4 Å². The molecule has 0 heterocycles. The van der Waals surface area contributed by atoms with Gasteiger partial charge in [0.25, 0.3) is 0 Å². The lowest BCUT2D eigenvalue weighted by molar-refractivity contribution is -0.148. The summed E-state index contributed by atoms with van der Waals surface area (Å²) >= 11 is 0. The number of carbonyl (C=O) groups excluding carboxylic acids is 1. The fourth-order valence-electron chi connectivity index (χ4n) is 1.91. The number of carboxylic acids is 1. The first-order valence-corrected chi connectivity index (χ1v) is 6.92. The van der Waals surface area contributed by atoms with Crippen LogP contribution < -0.4 is 5.32 Å². The number of carboxylic acid groups (broad SMARTS) is 1. The molecule has 1 aromatic carbocycles. The van der Waals surface area contributed by atoms with E-state index in [4.69, 9.17) is 4.74 Å². The van der Waals surface area contributed by atoms with Crippen molar-refractivity contribution in [2.24, 2.45) is 5.41 Å². The lowest BCUT2D eigenvalue weighted by Crippen LogP contribution is -2.44. The average Bonchev–Trinajstić information content (AvgIpc) is 2.34. The molecule has 0 aliphatic heterocycles. The first kappa shape index (κ1) is 17.9. The molecular weight excluding hydrogens is 289 g/mol. The molecule has 1 aromatic rings. The van der Waals surface area contributed by atoms with Gasteiger partial charge in [-0.2, -0.15) is 0 Å². The molecule has 0 radical (unpaired) electrons. The highest BCUT2D eigenvalue weighted by Gasteiger charge is 2.40. The average molecular weight is 311 g/mol. The molecule has 1 atom stereocenters. The number of nitrogens with one attached hydrogen (secondary N) is 1. The van der Waals surface area contributed by atoms with Crippen molar-refractivity contribution in [2.45, 2.75) is 46.3 Å². The van der Waals surface area contributed by atoms with E-state index >= 15 is 0 Å². The number of hydrogen-bond donors (Lipinski definition) is 2. The maximum Gasteiger partial charge on any atom is 0.408 e. The van der Waals surface area contributed by atoms with Gasteiger partial charge in [0.05, 0.1) is 11.5 Å². The Hall–Kier alpha value is -2.11. The lowest BCUT2D eigenvalue weighted by Gasteiger charge is -2.32. The molecule has 0 unspecified atom stereocenters. The van der Waals surface area contributed by atoms with Gasteiger partial charge in [-0.05, 0) is 40.7 Å². The van der Waals surface area contributed by atoms with E-state index < -0.39 is 34.9 Å². The molecule has 122 valence electrons. The van der Waals surface area contributed by atoms with Gasteiger partial charge in [-0.15, -0.1) is 0 Å². The number of alkyl carbamates (subject to hydrolysis) is 1. The fraction of sp³-hybridized carbons (Fsp3) is 0.500. The Labute approximate surface area is 129 Å². The Morgan fingerprint density at radius 3 is 2.18 bits per heavy atom. The van der Waals surface area contributed by atoms with Crippen LogP contribution in [0.15, 0.2) is 24.3 Å². The van der Waals surface area contributed by atoms with Gasteiger partial charge in [0.2, 0.25) is 0 Å². The van der Waals surface area contributed by atoms with Crippen molar-refractivity contribution in [1.29, 1.82) is 0 Å². The Kier molecular flexibility index (Phi) is 5.17. The summed E-state index contributed by atoms with van der Waals surface area (Å²) in [7, 11) is 0. The molecular formula is C16H22FNO4. The predicted octanol–water partition coefficient (Wildman–Crippen LogP) is 3.50. The molecule has 0 bridgehead atoms. The molecule has 0 aromatic heterocycles. The molecule has 0 saturated carbocycles. The lowest BCUT2D eigenvalue weighted by atomic mass is 9.80. The van der Waals surface area contributed by atoms with Gasteiger partial charge in [0.15, 0.2) is 0 Å². The van der Waals surface area contributed by atoms with E-state index in [0.717, 1.165) is 0 Å². The first-order chi connectivity index (χ1) is 9.95. The van der Waals surface area contributed by atoms with Crippen LogP contribution in [-0.4, -0.2) is 22.8 Å². The van der Waals surface area contributed by atoms with Crippen LogP contribution >= 0.6 is 0 Å². The summed E-state index contributed by atoms with van der Waals surface area (Å²) in [6.45, 7) is 7.90. The molecule has 6 heteroatoms. The van der Waals surface area contributed by atoms with Gasteiger partial charge in [-0.3, -0.25) is 4.79 Å². The largest absolute Gasteiger partial charge is 0.481 e. The number of benzene rings is 1. The molecule has 2 N–H and O–H groups in total. The zero-order valence-electron chi connectivity index (χ0n) is 13.4. The fourth-order valence-corrected chi connectivity index (χ4v) is 1.91. The minimum Gasteiger partial charge on any atom is -0.481 e. The number of rotatable bonds is 4. The summed E-state index contributed by atoms with van der Waals surface area (Å²) in [5.74, 6) is -1.74. The van der Waals surface area contributed by atoms with E-state index in [1.807, 2.05) is 0 Å². The molecule has 1 amide bonds. The summed E-state index contributed by atoms with van der Waals surface area (Å²) in [5.41, 5.74) is -2.06. The zero-order chi connectivity index (χ0) is 17.1. The van der Waals surface area contributed by atoms with Crippen molar-refractivity contribution >= 4 is 12.1 Å². The van der Waals surface area contributed by atoms with Gasteiger partial charge in [0, 0.05) is 5.56 Å². The first-order valence-electron chi connectivity index (χ1n) is 6.92. The molecule has 0 aliphatic rings. The van der Waals surface area contributed by atoms with Crippen LogP contribution in [0.4, 0.5) is 9.18 Å². The van der Waals surface area contributed by atoms with Crippen molar-refractivity contribution in [3.8, 4) is 0 Å². The van der Waals surface area contributed by atoms with Crippen molar-refractivity contribution in [1.82, 2.24) is 5.32 Å². The highest BCUT2D eigenvalue weighted by atomic mass is 19.1. The zero-order valence-corrected chi connectivity index (χ0v) is 13.4. The Balaban J connectivity index is 3.17. The summed E-state index contributed by atoms with van der Waals surface area (Å²) in [4.78, 5) is 23.5. The molecule has 5 nitrogen and oxygen atoms in total. The van der Waals surface area contributed by atoms with Crippen molar-refractivity contribution in [3.05, 3.63) is 35.6 Å². The van der Waals surface area contributed by atoms with Crippen LogP contribution in [0.5, 0.6) is 0 Å². The standard InChI is InChI=1S/C16H22FNO4/c1-15(2,3)22-14(21)18-12(16(4,5)13(19)20)10-8-6-7-9-11(10)17/h6-9,12H,1-5H3,(H,18,21)(H,19,20)/t12-/m0/s1. The maximum absolute atomic E-state index is 14.0. The number of amides is 1. The van der Waals surface area contributed by atoms with Crippen LogP contribution in [0.25, 0.3) is 0 Å². The second-order valence-corrected chi connectivity index (χ2v) is 6.63. The monoisotopic (exact) mass is 311 g/mol. The van der Waals surface area contributed by atoms with Gasteiger partial charge in [-0.1, -0.05) is 18.2 Å². The number of hydrogen-bond acceptors (Lipinski definition) is 3. The maximum atomic E-state index is 14.0. The van der Waals surface area contributed by atoms with Crippen LogP contribution in [0.1, 0.15) is 46.2 Å². The minimum atomic E-state index is -1.42. The van der Waals surface area contributed by atoms with Crippen LogP contribution in [0, 0.1) is 11.2 Å². The molecule has 0 fully saturated rings. The number of carbonyl (C=O) groups is 2. The van der Waals surface area contributed by atoms with Gasteiger partial charge < -0.3 is 15.2 Å². The van der Waals surface area contributed by atoms with Crippen LogP contribution in [0.3, 0.4) is 0 Å². The molecule has 0 saturated heterocycles. The molecule has 1 rings (SSSR count). The predicted molar refractivity (Wildman–Crippen MR) is 79.9 cm³/mol. The van der Waals surface area contributed by atoms with E-state index in [1.165, 1.54) is 32.0 Å². The molecule has 0 spiro atoms. The Morgan fingerprint density at radius 1 is 1.18 bits per heavy atom. The summed E-state index contributed by atoms with van der Waals surface area (Å²) in [5, 5.41) is 11.9. The normalized spacial score (nSPS) is 13.4. The van der Waals surface area contributed by atoms with E-state index in [1.54, 1.807) is 26.8 Å². The number of halogens is 1. The summed E-state index contributed by atoms with van der Waals surface area (Å²) < 4.78 is 19.2. The third-order valence-electron chi connectivity index (χ3n) is 3.15. The Bertz CT molecular complexity index is 564. The number of aliphatic carboxylic acids is 1.